The first-order valence-electron chi connectivity index (χ1n) is 9.52. The van der Waals surface area contributed by atoms with E-state index in [1.807, 2.05) is 35.2 Å². The van der Waals surface area contributed by atoms with Crippen molar-refractivity contribution in [3.8, 4) is 6.07 Å². The Balaban J connectivity index is 1.35. The number of anilines is 1. The second-order valence-corrected chi connectivity index (χ2v) is 6.84. The molecule has 2 aromatic carbocycles. The Labute approximate surface area is 165 Å². The Kier molecular flexibility index (Phi) is 6.77. The summed E-state index contributed by atoms with van der Waals surface area (Å²) in [5.74, 6) is 0.0599. The molecule has 1 aliphatic rings. The van der Waals surface area contributed by atoms with Crippen molar-refractivity contribution in [1.29, 1.82) is 5.26 Å². The number of nitrogens with zero attached hydrogens (tertiary/aromatic N) is 3. The SMILES string of the molecule is N#Cc1ccc(NC(=O)CCCN2CCN(C(=O)c3ccccc3)CC2)cc1. The van der Waals surface area contributed by atoms with E-state index < -0.39 is 0 Å². The van der Waals surface area contributed by atoms with Gasteiger partial charge in [-0.15, -0.1) is 0 Å². The Morgan fingerprint density at radius 2 is 1.64 bits per heavy atom. The van der Waals surface area contributed by atoms with Crippen molar-refractivity contribution in [1.82, 2.24) is 9.80 Å². The first kappa shape index (κ1) is 19.6. The number of hydrogen-bond donors (Lipinski definition) is 1. The van der Waals surface area contributed by atoms with Gasteiger partial charge in [-0.05, 0) is 49.4 Å². The van der Waals surface area contributed by atoms with Crippen LogP contribution in [0.2, 0.25) is 0 Å². The van der Waals surface area contributed by atoms with Crippen LogP contribution in [-0.2, 0) is 4.79 Å². The summed E-state index contributed by atoms with van der Waals surface area (Å²) in [5.41, 5.74) is 2.01. The van der Waals surface area contributed by atoms with Crippen LogP contribution < -0.4 is 5.32 Å². The van der Waals surface area contributed by atoms with Gasteiger partial charge in [0.25, 0.3) is 5.91 Å². The van der Waals surface area contributed by atoms with E-state index in [9.17, 15) is 9.59 Å². The number of amides is 2. The molecule has 0 radical (unpaired) electrons. The zero-order valence-corrected chi connectivity index (χ0v) is 15.8. The number of rotatable bonds is 6. The maximum absolute atomic E-state index is 12.5. The lowest BCUT2D eigenvalue weighted by atomic mass is 10.1. The van der Waals surface area contributed by atoms with E-state index in [1.54, 1.807) is 24.3 Å². The minimum absolute atomic E-state index is 0.0254. The Morgan fingerprint density at radius 1 is 0.964 bits per heavy atom. The number of benzene rings is 2. The third-order valence-electron chi connectivity index (χ3n) is 4.86. The van der Waals surface area contributed by atoms with Crippen LogP contribution in [0.1, 0.15) is 28.8 Å². The summed E-state index contributed by atoms with van der Waals surface area (Å²) in [6, 6.07) is 18.3. The smallest absolute Gasteiger partial charge is 0.253 e. The zero-order chi connectivity index (χ0) is 19.8. The third-order valence-corrected chi connectivity index (χ3v) is 4.86. The lowest BCUT2D eigenvalue weighted by molar-refractivity contribution is -0.116. The molecule has 1 fully saturated rings. The van der Waals surface area contributed by atoms with E-state index in [0.29, 0.717) is 30.8 Å². The maximum atomic E-state index is 12.5. The molecule has 144 valence electrons. The maximum Gasteiger partial charge on any atom is 0.253 e. The van der Waals surface area contributed by atoms with Gasteiger partial charge in [0.2, 0.25) is 5.91 Å². The molecule has 0 saturated carbocycles. The van der Waals surface area contributed by atoms with Crippen molar-refractivity contribution >= 4 is 17.5 Å². The normalized spacial score (nSPS) is 14.3. The number of nitriles is 1. The molecular formula is C22H24N4O2. The summed E-state index contributed by atoms with van der Waals surface area (Å²) in [6.07, 6.45) is 1.22. The molecule has 6 nitrogen and oxygen atoms in total. The van der Waals surface area contributed by atoms with Gasteiger partial charge in [-0.25, -0.2) is 0 Å². The summed E-state index contributed by atoms with van der Waals surface area (Å²) in [5, 5.41) is 11.6. The van der Waals surface area contributed by atoms with Crippen LogP contribution in [0, 0.1) is 11.3 Å². The number of nitrogens with one attached hydrogen (secondary N) is 1. The van der Waals surface area contributed by atoms with Crippen molar-refractivity contribution in [2.24, 2.45) is 0 Å². The molecule has 0 aliphatic carbocycles. The average Bonchev–Trinajstić information content (AvgIpc) is 2.75. The summed E-state index contributed by atoms with van der Waals surface area (Å²) < 4.78 is 0. The van der Waals surface area contributed by atoms with Gasteiger partial charge in [-0.2, -0.15) is 5.26 Å². The number of carbonyl (C=O) groups is 2. The van der Waals surface area contributed by atoms with Gasteiger partial charge in [-0.1, -0.05) is 18.2 Å². The monoisotopic (exact) mass is 376 g/mol. The predicted molar refractivity (Wildman–Crippen MR) is 108 cm³/mol. The van der Waals surface area contributed by atoms with Crippen LogP contribution in [0.3, 0.4) is 0 Å². The molecule has 1 heterocycles. The third kappa shape index (κ3) is 5.41. The second kappa shape index (κ2) is 9.67. The van der Waals surface area contributed by atoms with Gasteiger partial charge in [0.05, 0.1) is 11.6 Å². The van der Waals surface area contributed by atoms with Crippen LogP contribution in [0.4, 0.5) is 5.69 Å². The highest BCUT2D eigenvalue weighted by Crippen LogP contribution is 2.11. The summed E-state index contributed by atoms with van der Waals surface area (Å²) in [4.78, 5) is 28.7. The zero-order valence-electron chi connectivity index (χ0n) is 15.8. The molecule has 3 rings (SSSR count). The van der Waals surface area contributed by atoms with Gasteiger partial charge in [0.1, 0.15) is 0 Å². The summed E-state index contributed by atoms with van der Waals surface area (Å²) in [7, 11) is 0. The molecule has 0 unspecified atom stereocenters. The molecule has 2 amide bonds. The number of piperazine rings is 1. The van der Waals surface area contributed by atoms with Gasteiger partial charge < -0.3 is 10.2 Å². The van der Waals surface area contributed by atoms with Crippen molar-refractivity contribution in [3.05, 3.63) is 65.7 Å². The van der Waals surface area contributed by atoms with E-state index in [1.165, 1.54) is 0 Å². The first-order valence-corrected chi connectivity index (χ1v) is 9.52. The molecule has 2 aromatic rings. The van der Waals surface area contributed by atoms with Crippen LogP contribution in [0.5, 0.6) is 0 Å². The molecule has 0 atom stereocenters. The minimum atomic E-state index is -0.0254. The topological polar surface area (TPSA) is 76.4 Å². The van der Waals surface area contributed by atoms with Crippen molar-refractivity contribution in [2.75, 3.05) is 38.0 Å². The van der Waals surface area contributed by atoms with E-state index in [2.05, 4.69) is 16.3 Å². The second-order valence-electron chi connectivity index (χ2n) is 6.84. The van der Waals surface area contributed by atoms with Crippen molar-refractivity contribution in [2.45, 2.75) is 12.8 Å². The highest BCUT2D eigenvalue weighted by molar-refractivity contribution is 5.94. The fourth-order valence-corrected chi connectivity index (χ4v) is 3.25. The van der Waals surface area contributed by atoms with E-state index in [4.69, 9.17) is 5.26 Å². The largest absolute Gasteiger partial charge is 0.336 e. The standard InChI is InChI=1S/C22H24N4O2/c23-17-18-8-10-20(11-9-18)24-21(27)7-4-12-25-13-15-26(16-14-25)22(28)19-5-2-1-3-6-19/h1-3,5-6,8-11H,4,7,12-16H2,(H,24,27). The molecule has 0 bridgehead atoms. The fourth-order valence-electron chi connectivity index (χ4n) is 3.25. The lowest BCUT2D eigenvalue weighted by Gasteiger charge is -2.34. The molecule has 6 heteroatoms. The van der Waals surface area contributed by atoms with Gasteiger partial charge in [0, 0.05) is 43.9 Å². The minimum Gasteiger partial charge on any atom is -0.336 e. The van der Waals surface area contributed by atoms with Crippen molar-refractivity contribution < 1.29 is 9.59 Å². The van der Waals surface area contributed by atoms with Crippen LogP contribution >= 0.6 is 0 Å². The highest BCUT2D eigenvalue weighted by Gasteiger charge is 2.21. The fraction of sp³-hybridized carbons (Fsp3) is 0.318. The van der Waals surface area contributed by atoms with Gasteiger partial charge in [-0.3, -0.25) is 14.5 Å². The predicted octanol–water partition coefficient (Wildman–Crippen LogP) is 2.73. The van der Waals surface area contributed by atoms with Gasteiger partial charge >= 0.3 is 0 Å². The molecular weight excluding hydrogens is 352 g/mol. The summed E-state index contributed by atoms with van der Waals surface area (Å²) >= 11 is 0. The molecule has 1 N–H and O–H groups in total. The molecule has 28 heavy (non-hydrogen) atoms. The number of carbonyl (C=O) groups excluding carboxylic acids is 2. The molecule has 0 spiro atoms. The van der Waals surface area contributed by atoms with Crippen LogP contribution in [-0.4, -0.2) is 54.3 Å². The van der Waals surface area contributed by atoms with Crippen LogP contribution in [0.15, 0.2) is 54.6 Å². The van der Waals surface area contributed by atoms with E-state index in [-0.39, 0.29) is 11.8 Å². The average molecular weight is 376 g/mol. The summed E-state index contributed by atoms with van der Waals surface area (Å²) in [6.45, 7) is 3.93. The lowest BCUT2D eigenvalue weighted by Crippen LogP contribution is -2.48. The first-order chi connectivity index (χ1) is 13.7. The molecule has 1 aliphatic heterocycles. The van der Waals surface area contributed by atoms with Crippen molar-refractivity contribution in [3.63, 3.8) is 0 Å². The van der Waals surface area contributed by atoms with E-state index in [0.717, 1.165) is 31.6 Å². The quantitative estimate of drug-likeness (QED) is 0.841. The Hall–Kier alpha value is -3.17. The van der Waals surface area contributed by atoms with Gasteiger partial charge in [0.15, 0.2) is 0 Å². The number of hydrogen-bond acceptors (Lipinski definition) is 4. The Bertz CT molecular complexity index is 835. The molecule has 0 aromatic heterocycles. The molecule has 1 saturated heterocycles. The Morgan fingerprint density at radius 3 is 2.29 bits per heavy atom. The van der Waals surface area contributed by atoms with Crippen LogP contribution in [0.25, 0.3) is 0 Å². The highest BCUT2D eigenvalue weighted by atomic mass is 16.2. The van der Waals surface area contributed by atoms with E-state index >= 15 is 0 Å².